The van der Waals surface area contributed by atoms with Gasteiger partial charge in [0.15, 0.2) is 16.0 Å². The fraction of sp³-hybridized carbons (Fsp3) is 0.130. The first-order valence-corrected chi connectivity index (χ1v) is 13.3. The van der Waals surface area contributed by atoms with Crippen molar-refractivity contribution in [3.05, 3.63) is 63.4 Å². The van der Waals surface area contributed by atoms with Gasteiger partial charge in [-0.1, -0.05) is 51.4 Å². The number of carbonyl (C=O) groups excluding carboxylic acids is 1. The van der Waals surface area contributed by atoms with Gasteiger partial charge >= 0.3 is 0 Å². The van der Waals surface area contributed by atoms with E-state index in [4.69, 9.17) is 16.0 Å². The molecule has 0 bridgehead atoms. The number of fused-ring (bicyclic) bond motifs is 1. The second kappa shape index (κ2) is 9.91. The summed E-state index contributed by atoms with van der Waals surface area (Å²) >= 11 is 12.1. The molecule has 11 heteroatoms. The Morgan fingerprint density at radius 2 is 2.03 bits per heavy atom. The summed E-state index contributed by atoms with van der Waals surface area (Å²) in [6.45, 7) is 2.65. The van der Waals surface area contributed by atoms with Crippen LogP contribution in [0.3, 0.4) is 0 Å². The Kier molecular flexibility index (Phi) is 6.73. The van der Waals surface area contributed by atoms with Gasteiger partial charge in [-0.2, -0.15) is 0 Å². The van der Waals surface area contributed by atoms with Gasteiger partial charge in [0.1, 0.15) is 5.58 Å². The van der Waals surface area contributed by atoms with Gasteiger partial charge in [0.25, 0.3) is 0 Å². The lowest BCUT2D eigenvalue weighted by atomic mass is 10.2. The number of rotatable bonds is 7. The molecular weight excluding hydrogens is 558 g/mol. The van der Waals surface area contributed by atoms with E-state index < -0.39 is 0 Å². The number of amides is 1. The van der Waals surface area contributed by atoms with Crippen LogP contribution < -0.4 is 5.32 Å². The quantitative estimate of drug-likeness (QED) is 0.211. The van der Waals surface area contributed by atoms with Gasteiger partial charge in [0, 0.05) is 32.4 Å². The lowest BCUT2D eigenvalue weighted by molar-refractivity contribution is -0.113. The lowest BCUT2D eigenvalue weighted by Gasteiger charge is -2.05. The van der Waals surface area contributed by atoms with Crippen LogP contribution in [0.25, 0.3) is 33.8 Å². The minimum atomic E-state index is -0.164. The minimum absolute atomic E-state index is 0.164. The molecule has 0 aliphatic carbocycles. The summed E-state index contributed by atoms with van der Waals surface area (Å²) in [5, 5.41) is 16.2. The molecule has 7 nitrogen and oxygen atoms in total. The molecule has 5 aromatic rings. The summed E-state index contributed by atoms with van der Waals surface area (Å²) in [5.74, 6) is 1.28. The Labute approximate surface area is 216 Å². The summed E-state index contributed by atoms with van der Waals surface area (Å²) in [6, 6.07) is 15.2. The van der Waals surface area contributed by atoms with E-state index in [1.54, 1.807) is 0 Å². The number of furan rings is 1. The van der Waals surface area contributed by atoms with E-state index in [1.807, 2.05) is 65.4 Å². The highest BCUT2D eigenvalue weighted by atomic mass is 79.9. The van der Waals surface area contributed by atoms with Gasteiger partial charge in [-0.05, 0) is 43.3 Å². The van der Waals surface area contributed by atoms with E-state index in [0.29, 0.717) is 33.4 Å². The van der Waals surface area contributed by atoms with E-state index >= 15 is 0 Å². The fourth-order valence-corrected chi connectivity index (χ4v) is 5.40. The molecule has 3 aromatic heterocycles. The van der Waals surface area contributed by atoms with E-state index in [1.165, 1.54) is 23.1 Å². The Morgan fingerprint density at radius 3 is 2.82 bits per heavy atom. The average Bonchev–Trinajstić information content (AvgIpc) is 3.55. The van der Waals surface area contributed by atoms with Crippen molar-refractivity contribution < 1.29 is 9.21 Å². The van der Waals surface area contributed by atoms with Crippen molar-refractivity contribution in [2.75, 3.05) is 11.1 Å². The first-order chi connectivity index (χ1) is 16.5. The van der Waals surface area contributed by atoms with Crippen molar-refractivity contribution in [1.29, 1.82) is 0 Å². The highest BCUT2D eigenvalue weighted by molar-refractivity contribution is 9.10. The molecule has 0 fully saturated rings. The summed E-state index contributed by atoms with van der Waals surface area (Å²) in [5.41, 5.74) is 2.51. The van der Waals surface area contributed by atoms with Gasteiger partial charge in [-0.15, -0.1) is 21.5 Å². The Hall–Kier alpha value is -2.66. The van der Waals surface area contributed by atoms with Crippen LogP contribution >= 0.6 is 50.6 Å². The number of nitrogens with zero attached hydrogens (tertiary/aromatic N) is 4. The number of halogens is 2. The molecule has 0 spiro atoms. The van der Waals surface area contributed by atoms with E-state index in [-0.39, 0.29) is 11.7 Å². The van der Waals surface area contributed by atoms with Crippen molar-refractivity contribution in [1.82, 2.24) is 19.7 Å². The van der Waals surface area contributed by atoms with Crippen LogP contribution in [0.5, 0.6) is 0 Å². The monoisotopic (exact) mass is 573 g/mol. The predicted octanol–water partition coefficient (Wildman–Crippen LogP) is 6.98. The molecule has 2 aromatic carbocycles. The summed E-state index contributed by atoms with van der Waals surface area (Å²) in [4.78, 5) is 17.0. The van der Waals surface area contributed by atoms with Gasteiger partial charge in [-0.3, -0.25) is 9.36 Å². The van der Waals surface area contributed by atoms with Crippen LogP contribution in [-0.4, -0.2) is 31.4 Å². The zero-order valence-electron chi connectivity index (χ0n) is 17.8. The van der Waals surface area contributed by atoms with E-state index in [2.05, 4.69) is 36.4 Å². The molecule has 0 aliphatic rings. The molecular formula is C23H17BrClN5O2S2. The molecule has 3 heterocycles. The second-order valence-corrected chi connectivity index (χ2v) is 10.4. The third-order valence-corrected chi connectivity index (χ3v) is 7.42. The summed E-state index contributed by atoms with van der Waals surface area (Å²) < 4.78 is 8.88. The summed E-state index contributed by atoms with van der Waals surface area (Å²) in [6.07, 6.45) is 0. The number of benzene rings is 2. The van der Waals surface area contributed by atoms with Crippen molar-refractivity contribution in [2.24, 2.45) is 0 Å². The largest absolute Gasteiger partial charge is 0.453 e. The lowest BCUT2D eigenvalue weighted by Crippen LogP contribution is -2.14. The third-order valence-electron chi connectivity index (χ3n) is 4.95. The van der Waals surface area contributed by atoms with Crippen molar-refractivity contribution in [3.8, 4) is 22.8 Å². The molecule has 0 saturated heterocycles. The number of hydrogen-bond donors (Lipinski definition) is 1. The van der Waals surface area contributed by atoms with Gasteiger partial charge < -0.3 is 9.73 Å². The van der Waals surface area contributed by atoms with Crippen molar-refractivity contribution in [3.63, 3.8) is 0 Å². The maximum Gasteiger partial charge on any atom is 0.236 e. The maximum absolute atomic E-state index is 12.5. The van der Waals surface area contributed by atoms with Crippen LogP contribution in [-0.2, 0) is 11.3 Å². The van der Waals surface area contributed by atoms with E-state index in [0.717, 1.165) is 26.7 Å². The Bertz CT molecular complexity index is 1480. The number of thiazole rings is 1. The highest BCUT2D eigenvalue weighted by Gasteiger charge is 2.18. The first kappa shape index (κ1) is 23.1. The topological polar surface area (TPSA) is 85.8 Å². The van der Waals surface area contributed by atoms with Gasteiger partial charge in [0.05, 0.1) is 11.4 Å². The smallest absolute Gasteiger partial charge is 0.236 e. The first-order valence-electron chi connectivity index (χ1n) is 10.3. The maximum atomic E-state index is 12.5. The molecule has 34 heavy (non-hydrogen) atoms. The Morgan fingerprint density at radius 1 is 1.21 bits per heavy atom. The number of anilines is 1. The SMILES string of the molecule is CCn1c(SCC(=O)Nc2nc(-c3ccc(Cl)cc3)cs2)nnc1-c1cc2cc(Br)ccc2o1. The molecule has 172 valence electrons. The number of nitrogens with one attached hydrogen (secondary N) is 1. The number of aromatic nitrogens is 4. The standard InChI is InChI=1S/C23H17BrClN5O2S2/c1-2-30-21(19-10-14-9-15(24)5-8-18(14)32-19)28-29-23(30)34-12-20(31)27-22-26-17(11-33-22)13-3-6-16(25)7-4-13/h3-11H,2,12H2,1H3,(H,26,27,31). The molecule has 1 N–H and O–H groups in total. The third kappa shape index (κ3) is 4.90. The number of carbonyl (C=O) groups is 1. The zero-order chi connectivity index (χ0) is 23.7. The normalized spacial score (nSPS) is 11.3. The molecule has 5 rings (SSSR count). The van der Waals surface area contributed by atoms with Gasteiger partial charge in [0.2, 0.25) is 11.7 Å². The van der Waals surface area contributed by atoms with Crippen LogP contribution in [0.15, 0.2) is 68.0 Å². The zero-order valence-corrected chi connectivity index (χ0v) is 21.8. The second-order valence-electron chi connectivity index (χ2n) is 7.22. The highest BCUT2D eigenvalue weighted by Crippen LogP contribution is 2.31. The number of thioether (sulfide) groups is 1. The van der Waals surface area contributed by atoms with E-state index in [9.17, 15) is 4.79 Å². The minimum Gasteiger partial charge on any atom is -0.453 e. The predicted molar refractivity (Wildman–Crippen MR) is 141 cm³/mol. The summed E-state index contributed by atoms with van der Waals surface area (Å²) in [7, 11) is 0. The van der Waals surface area contributed by atoms with Crippen LogP contribution in [0.2, 0.25) is 5.02 Å². The molecule has 0 saturated carbocycles. The van der Waals surface area contributed by atoms with Crippen LogP contribution in [0, 0.1) is 0 Å². The van der Waals surface area contributed by atoms with Crippen molar-refractivity contribution >= 4 is 72.6 Å². The fourth-order valence-electron chi connectivity index (χ4n) is 3.36. The van der Waals surface area contributed by atoms with Crippen LogP contribution in [0.4, 0.5) is 5.13 Å². The molecule has 1 amide bonds. The average molecular weight is 575 g/mol. The molecule has 0 atom stereocenters. The number of hydrogen-bond acceptors (Lipinski definition) is 7. The molecule has 0 unspecified atom stereocenters. The molecule has 0 aliphatic heterocycles. The van der Waals surface area contributed by atoms with Crippen LogP contribution in [0.1, 0.15) is 6.92 Å². The molecule has 0 radical (unpaired) electrons. The Balaban J connectivity index is 1.26. The van der Waals surface area contributed by atoms with Gasteiger partial charge in [-0.25, -0.2) is 4.98 Å². The van der Waals surface area contributed by atoms with Crippen molar-refractivity contribution in [2.45, 2.75) is 18.6 Å².